The van der Waals surface area contributed by atoms with Crippen LogP contribution in [0, 0.1) is 0 Å². The van der Waals surface area contributed by atoms with Crippen LogP contribution in [0.5, 0.6) is 0 Å². The highest BCUT2D eigenvalue weighted by Gasteiger charge is 2.57. The normalized spacial score (nSPS) is 17.3. The Hall–Kier alpha value is -7.74. The zero-order valence-corrected chi connectivity index (χ0v) is 33.5. The van der Waals surface area contributed by atoms with E-state index in [0.717, 1.165) is 0 Å². The third kappa shape index (κ3) is 4.45. The van der Waals surface area contributed by atoms with E-state index in [0.29, 0.717) is 0 Å². The molecule has 2 unspecified atom stereocenters. The van der Waals surface area contributed by atoms with Crippen molar-refractivity contribution in [3.8, 4) is 27.9 Å². The Morgan fingerprint density at radius 2 is 0.820 bits per heavy atom. The van der Waals surface area contributed by atoms with Crippen LogP contribution in [0.2, 0.25) is 0 Å². The third-order valence-corrected chi connectivity index (χ3v) is 13.9. The SMILES string of the molecule is c1ccc(-n2c3ccccc3c3cc(-c4cccc(C5(c6ccccc6)c6ccccc6C6(c7ccccc7)c7ccccc7-c7cccc5c76)c4)c4ccccc4c32)cc1. The number of aromatic nitrogens is 1. The molecule has 13 rings (SSSR count). The minimum atomic E-state index is -0.622. The van der Waals surface area contributed by atoms with Crippen molar-refractivity contribution in [1.82, 2.24) is 4.57 Å². The summed E-state index contributed by atoms with van der Waals surface area (Å²) in [5.74, 6) is 0. The Morgan fingerprint density at radius 1 is 0.295 bits per heavy atom. The Bertz CT molecular complexity index is 3530. The summed E-state index contributed by atoms with van der Waals surface area (Å²) in [7, 11) is 0. The van der Waals surface area contributed by atoms with Gasteiger partial charge in [0, 0.05) is 21.8 Å². The number of hydrogen-bond acceptors (Lipinski definition) is 0. The van der Waals surface area contributed by atoms with E-state index < -0.39 is 10.8 Å². The van der Waals surface area contributed by atoms with Crippen LogP contribution < -0.4 is 0 Å². The highest BCUT2D eigenvalue weighted by atomic mass is 15.0. The fourth-order valence-corrected chi connectivity index (χ4v) is 11.7. The highest BCUT2D eigenvalue weighted by molar-refractivity contribution is 6.22. The van der Waals surface area contributed by atoms with E-state index in [4.69, 9.17) is 0 Å². The van der Waals surface area contributed by atoms with Crippen LogP contribution in [0.15, 0.2) is 237 Å². The number of para-hydroxylation sites is 2. The predicted molar refractivity (Wildman–Crippen MR) is 253 cm³/mol. The van der Waals surface area contributed by atoms with Crippen molar-refractivity contribution in [2.45, 2.75) is 10.8 Å². The molecule has 10 aromatic carbocycles. The quantitative estimate of drug-likeness (QED) is 0.164. The van der Waals surface area contributed by atoms with Crippen molar-refractivity contribution < 1.29 is 0 Å². The van der Waals surface area contributed by atoms with Crippen molar-refractivity contribution in [3.05, 3.63) is 281 Å². The molecule has 2 aliphatic carbocycles. The Labute approximate surface area is 355 Å². The van der Waals surface area contributed by atoms with Crippen molar-refractivity contribution in [2.24, 2.45) is 0 Å². The molecule has 0 saturated heterocycles. The summed E-state index contributed by atoms with van der Waals surface area (Å²) < 4.78 is 2.45. The molecule has 0 amide bonds. The van der Waals surface area contributed by atoms with Gasteiger partial charge in [-0.1, -0.05) is 206 Å². The number of benzene rings is 10. The molecule has 61 heavy (non-hydrogen) atoms. The van der Waals surface area contributed by atoms with Gasteiger partial charge >= 0.3 is 0 Å². The molecule has 0 saturated carbocycles. The summed E-state index contributed by atoms with van der Waals surface area (Å²) in [5.41, 5.74) is 18.1. The van der Waals surface area contributed by atoms with Crippen LogP contribution in [0.3, 0.4) is 0 Å². The van der Waals surface area contributed by atoms with E-state index in [9.17, 15) is 0 Å². The largest absolute Gasteiger partial charge is 0.309 e. The van der Waals surface area contributed by atoms with Gasteiger partial charge in [0.05, 0.1) is 21.9 Å². The standard InChI is InChI=1S/C60H39N/c1-4-21-41(22-5-1)59(53-34-15-16-35-54(53)60(42-23-6-2-7-24-42)52-33-14-12-29-46(52)48-32-19-36-55(59)57(48)60)43-25-18-20-40(38-43)50-39-51-47-30-13-17-37-56(47)61(44-26-8-3-9-27-44)58(51)49-31-11-10-28-45(49)50/h1-39H. The molecule has 0 bridgehead atoms. The van der Waals surface area contributed by atoms with Crippen molar-refractivity contribution in [3.63, 3.8) is 0 Å². The zero-order valence-electron chi connectivity index (χ0n) is 33.5. The average Bonchev–Trinajstić information content (AvgIpc) is 3.84. The molecule has 0 spiro atoms. The summed E-state index contributed by atoms with van der Waals surface area (Å²) >= 11 is 0. The van der Waals surface area contributed by atoms with Gasteiger partial charge in [-0.2, -0.15) is 0 Å². The fraction of sp³-hybridized carbons (Fsp3) is 0.0333. The molecule has 2 atom stereocenters. The molecule has 11 aromatic rings. The molecule has 1 nitrogen and oxygen atoms in total. The van der Waals surface area contributed by atoms with E-state index >= 15 is 0 Å². The second-order valence-corrected chi connectivity index (χ2v) is 16.7. The third-order valence-electron chi connectivity index (χ3n) is 13.9. The maximum atomic E-state index is 2.50. The molecule has 0 aliphatic heterocycles. The van der Waals surface area contributed by atoms with Crippen LogP contribution in [-0.2, 0) is 10.8 Å². The molecule has 1 heterocycles. The van der Waals surface area contributed by atoms with Gasteiger partial charge in [0.15, 0.2) is 0 Å². The van der Waals surface area contributed by atoms with Gasteiger partial charge in [-0.05, 0) is 102 Å². The Balaban J connectivity index is 1.14. The first-order valence-electron chi connectivity index (χ1n) is 21.4. The summed E-state index contributed by atoms with van der Waals surface area (Å²) in [6.45, 7) is 0. The van der Waals surface area contributed by atoms with E-state index in [1.54, 1.807) is 0 Å². The van der Waals surface area contributed by atoms with Gasteiger partial charge in [0.2, 0.25) is 0 Å². The highest BCUT2D eigenvalue weighted by Crippen LogP contribution is 2.65. The lowest BCUT2D eigenvalue weighted by molar-refractivity contribution is 0.627. The lowest BCUT2D eigenvalue weighted by Crippen LogP contribution is -2.44. The van der Waals surface area contributed by atoms with Crippen molar-refractivity contribution >= 4 is 32.6 Å². The number of fused-ring (bicyclic) bond motifs is 10. The van der Waals surface area contributed by atoms with Gasteiger partial charge < -0.3 is 4.57 Å². The fourth-order valence-electron chi connectivity index (χ4n) is 11.7. The average molecular weight is 774 g/mol. The van der Waals surface area contributed by atoms with Gasteiger partial charge in [0.25, 0.3) is 0 Å². The predicted octanol–water partition coefficient (Wildman–Crippen LogP) is 14.7. The number of nitrogens with zero attached hydrogens (tertiary/aromatic N) is 1. The van der Waals surface area contributed by atoms with E-state index in [2.05, 4.69) is 241 Å². The molecule has 1 aromatic heterocycles. The van der Waals surface area contributed by atoms with Gasteiger partial charge in [-0.15, -0.1) is 0 Å². The summed E-state index contributed by atoms with van der Waals surface area (Å²) in [4.78, 5) is 0. The summed E-state index contributed by atoms with van der Waals surface area (Å²) in [6, 6.07) is 88.6. The zero-order chi connectivity index (χ0) is 40.1. The molecular formula is C60H39N. The number of rotatable bonds is 5. The number of hydrogen-bond donors (Lipinski definition) is 0. The first kappa shape index (κ1) is 34.2. The molecule has 2 aliphatic rings. The van der Waals surface area contributed by atoms with Crippen LogP contribution in [-0.4, -0.2) is 4.57 Å². The minimum Gasteiger partial charge on any atom is -0.309 e. The first-order valence-corrected chi connectivity index (χ1v) is 21.4. The van der Waals surface area contributed by atoms with Crippen molar-refractivity contribution in [2.75, 3.05) is 0 Å². The van der Waals surface area contributed by atoms with Crippen molar-refractivity contribution in [1.29, 1.82) is 0 Å². The van der Waals surface area contributed by atoms with E-state index in [1.807, 2.05) is 0 Å². The second-order valence-electron chi connectivity index (χ2n) is 16.7. The maximum absolute atomic E-state index is 2.50. The first-order chi connectivity index (χ1) is 30.3. The van der Waals surface area contributed by atoms with Gasteiger partial charge in [-0.25, -0.2) is 0 Å². The maximum Gasteiger partial charge on any atom is 0.0720 e. The van der Waals surface area contributed by atoms with Crippen LogP contribution >= 0.6 is 0 Å². The van der Waals surface area contributed by atoms with Crippen LogP contribution in [0.1, 0.15) is 44.5 Å². The molecule has 0 N–H and O–H groups in total. The topological polar surface area (TPSA) is 4.93 Å². The summed E-state index contributed by atoms with van der Waals surface area (Å²) in [5, 5.41) is 4.99. The van der Waals surface area contributed by atoms with E-state index in [1.165, 1.54) is 105 Å². The van der Waals surface area contributed by atoms with Gasteiger partial charge in [-0.3, -0.25) is 0 Å². The Morgan fingerprint density at radius 3 is 1.57 bits per heavy atom. The Kier molecular flexibility index (Phi) is 7.21. The summed E-state index contributed by atoms with van der Waals surface area (Å²) in [6.07, 6.45) is 0. The lowest BCUT2D eigenvalue weighted by atomic mass is 9.51. The van der Waals surface area contributed by atoms with Crippen LogP contribution in [0.4, 0.5) is 0 Å². The molecule has 1 heteroatoms. The molecule has 284 valence electrons. The van der Waals surface area contributed by atoms with Crippen LogP contribution in [0.25, 0.3) is 60.5 Å². The van der Waals surface area contributed by atoms with E-state index in [-0.39, 0.29) is 0 Å². The smallest absolute Gasteiger partial charge is 0.0720 e. The molecule has 0 fully saturated rings. The monoisotopic (exact) mass is 773 g/mol. The molecule has 0 radical (unpaired) electrons. The minimum absolute atomic E-state index is 0.482. The van der Waals surface area contributed by atoms with Gasteiger partial charge in [0.1, 0.15) is 0 Å². The second kappa shape index (κ2) is 12.9. The lowest BCUT2D eigenvalue weighted by Gasteiger charge is -2.49. The molecular weight excluding hydrogens is 735 g/mol.